The predicted octanol–water partition coefficient (Wildman–Crippen LogP) is 1.29. The Morgan fingerprint density at radius 2 is 2.00 bits per heavy atom. The second-order valence-electron chi connectivity index (χ2n) is 3.79. The summed E-state index contributed by atoms with van der Waals surface area (Å²) in [6, 6.07) is -0.288. The molecule has 0 saturated heterocycles. The van der Waals surface area contributed by atoms with Crippen molar-refractivity contribution in [3.8, 4) is 0 Å². The molecule has 2 N–H and O–H groups in total. The Morgan fingerprint density at radius 3 is 2.53 bits per heavy atom. The molecule has 5 nitrogen and oxygen atoms in total. The van der Waals surface area contributed by atoms with Gasteiger partial charge in [0.15, 0.2) is 0 Å². The molecule has 0 aliphatic rings. The number of hydrogen-bond acceptors (Lipinski definition) is 5. The summed E-state index contributed by atoms with van der Waals surface area (Å²) in [5.41, 5.74) is 0. The molecule has 0 saturated carbocycles. The molecule has 0 aliphatic carbocycles. The Bertz CT molecular complexity index is 252. The van der Waals surface area contributed by atoms with Crippen LogP contribution in [0.25, 0.3) is 0 Å². The van der Waals surface area contributed by atoms with Crippen molar-refractivity contribution in [2.24, 2.45) is 0 Å². The van der Waals surface area contributed by atoms with E-state index >= 15 is 0 Å². The Kier molecular flexibility index (Phi) is 9.50. The number of carbonyl (C=O) groups is 2. The summed E-state index contributed by atoms with van der Waals surface area (Å²) in [6.45, 7) is 7.59. The first kappa shape index (κ1) is 16.7. The lowest BCUT2D eigenvalue weighted by Gasteiger charge is -2.14. The van der Waals surface area contributed by atoms with Gasteiger partial charge in [-0.2, -0.15) is 0 Å². The first-order valence-electron chi connectivity index (χ1n) is 5.50. The maximum atomic E-state index is 11.4. The van der Waals surface area contributed by atoms with Gasteiger partial charge in [0, 0.05) is 27.2 Å². The van der Waals surface area contributed by atoms with E-state index in [1.165, 1.54) is 6.92 Å². The van der Waals surface area contributed by atoms with Gasteiger partial charge in [-0.25, -0.2) is 0 Å². The van der Waals surface area contributed by atoms with Gasteiger partial charge in [-0.15, -0.1) is 11.4 Å². The van der Waals surface area contributed by atoms with Crippen LogP contribution < -0.4 is 10.4 Å². The highest BCUT2D eigenvalue weighted by molar-refractivity contribution is 8.49. The molecule has 17 heavy (non-hydrogen) atoms. The zero-order valence-corrected chi connectivity index (χ0v) is 12.5. The smallest absolute Gasteiger partial charge is 0.323 e. The van der Waals surface area contributed by atoms with E-state index in [9.17, 15) is 9.59 Å². The van der Waals surface area contributed by atoms with Crippen molar-refractivity contribution in [2.45, 2.75) is 39.8 Å². The standard InChI is InChI=1S/C10H21N2O3PS/c1-7(2)15-10(14)8(3)12-16-17-6-5-11-9(4)13/h7-8,12,16H,5-6H2,1-4H3,(H,11,13)/t8-/m0/s1. The Balaban J connectivity index is 3.47. The summed E-state index contributed by atoms with van der Waals surface area (Å²) in [6.07, 6.45) is -0.0810. The van der Waals surface area contributed by atoms with Crippen molar-refractivity contribution in [2.75, 3.05) is 12.3 Å². The monoisotopic (exact) mass is 280 g/mol. The highest BCUT2D eigenvalue weighted by atomic mass is 32.7. The number of hydrogen-bond donors (Lipinski definition) is 2. The molecule has 0 bridgehead atoms. The van der Waals surface area contributed by atoms with Gasteiger partial charge in [-0.05, 0) is 20.8 Å². The molecular weight excluding hydrogens is 259 g/mol. The summed E-state index contributed by atoms with van der Waals surface area (Å²) in [5.74, 6) is 0.586. The molecule has 0 rings (SSSR count). The van der Waals surface area contributed by atoms with Gasteiger partial charge in [0.25, 0.3) is 0 Å². The summed E-state index contributed by atoms with van der Waals surface area (Å²) in [5, 5.41) is 5.79. The third-order valence-corrected chi connectivity index (χ3v) is 4.13. The van der Waals surface area contributed by atoms with E-state index in [2.05, 4.69) is 10.4 Å². The molecule has 0 aromatic rings. The number of rotatable bonds is 8. The fraction of sp³-hybridized carbons (Fsp3) is 0.800. The average Bonchev–Trinajstić information content (AvgIpc) is 2.21. The van der Waals surface area contributed by atoms with Crippen molar-refractivity contribution in [1.29, 1.82) is 0 Å². The Hall–Kier alpha value is -0.320. The molecule has 2 atom stereocenters. The second kappa shape index (κ2) is 9.68. The van der Waals surface area contributed by atoms with Crippen LogP contribution in [0.5, 0.6) is 0 Å². The molecule has 0 radical (unpaired) electrons. The van der Waals surface area contributed by atoms with Gasteiger partial charge >= 0.3 is 5.97 Å². The van der Waals surface area contributed by atoms with Crippen LogP contribution in [-0.2, 0) is 14.3 Å². The zero-order chi connectivity index (χ0) is 13.3. The average molecular weight is 280 g/mol. The SMILES string of the molecule is CC(=O)NCCSPN[C@@H](C)C(=O)OC(C)C. The lowest BCUT2D eigenvalue weighted by atomic mass is 10.4. The minimum absolute atomic E-state index is 0.0178. The predicted molar refractivity (Wildman–Crippen MR) is 73.3 cm³/mol. The van der Waals surface area contributed by atoms with E-state index in [4.69, 9.17) is 4.74 Å². The van der Waals surface area contributed by atoms with Crippen LogP contribution in [0.4, 0.5) is 0 Å². The highest BCUT2D eigenvalue weighted by Gasteiger charge is 2.14. The van der Waals surface area contributed by atoms with Gasteiger partial charge in [-0.1, -0.05) is 0 Å². The minimum Gasteiger partial charge on any atom is -0.462 e. The summed E-state index contributed by atoms with van der Waals surface area (Å²) in [7, 11) is 0.420. The van der Waals surface area contributed by atoms with Crippen LogP contribution in [0, 0.1) is 0 Å². The molecule has 0 fully saturated rings. The van der Waals surface area contributed by atoms with Crippen LogP contribution >= 0.6 is 19.3 Å². The molecule has 0 aliphatic heterocycles. The van der Waals surface area contributed by atoms with Gasteiger partial charge < -0.3 is 10.1 Å². The normalized spacial score (nSPS) is 13.0. The molecule has 1 amide bonds. The molecule has 1 unspecified atom stereocenters. The van der Waals surface area contributed by atoms with Crippen molar-refractivity contribution < 1.29 is 14.3 Å². The van der Waals surface area contributed by atoms with E-state index in [1.807, 2.05) is 13.8 Å². The number of esters is 1. The highest BCUT2D eigenvalue weighted by Crippen LogP contribution is 2.24. The molecule has 100 valence electrons. The van der Waals surface area contributed by atoms with Crippen molar-refractivity contribution in [3.05, 3.63) is 0 Å². The number of carbonyl (C=O) groups excluding carboxylic acids is 2. The number of ether oxygens (including phenoxy) is 1. The van der Waals surface area contributed by atoms with Gasteiger partial charge in [0.05, 0.1) is 6.10 Å². The van der Waals surface area contributed by atoms with Gasteiger partial charge in [-0.3, -0.25) is 14.7 Å². The topological polar surface area (TPSA) is 67.4 Å². The van der Waals surface area contributed by atoms with Crippen LogP contribution in [0.3, 0.4) is 0 Å². The maximum absolute atomic E-state index is 11.4. The minimum atomic E-state index is -0.288. The first-order chi connectivity index (χ1) is 7.93. The summed E-state index contributed by atoms with van der Waals surface area (Å²) in [4.78, 5) is 22.0. The molecule has 7 heteroatoms. The fourth-order valence-electron chi connectivity index (χ4n) is 0.852. The molecule has 0 spiro atoms. The van der Waals surface area contributed by atoms with Crippen molar-refractivity contribution >= 4 is 31.2 Å². The lowest BCUT2D eigenvalue weighted by Crippen LogP contribution is -2.31. The quantitative estimate of drug-likeness (QED) is 0.398. The van der Waals surface area contributed by atoms with Crippen LogP contribution in [0.2, 0.25) is 0 Å². The van der Waals surface area contributed by atoms with Gasteiger partial charge in [0.2, 0.25) is 5.91 Å². The van der Waals surface area contributed by atoms with Gasteiger partial charge in [0.1, 0.15) is 6.04 Å². The third-order valence-electron chi connectivity index (χ3n) is 1.63. The molecular formula is C10H21N2O3PS. The number of amides is 1. The van der Waals surface area contributed by atoms with Crippen LogP contribution in [-0.4, -0.2) is 36.3 Å². The maximum Gasteiger partial charge on any atom is 0.323 e. The fourth-order valence-corrected chi connectivity index (χ4v) is 2.93. The van der Waals surface area contributed by atoms with E-state index < -0.39 is 0 Å². The largest absolute Gasteiger partial charge is 0.462 e. The molecule has 0 aromatic heterocycles. The van der Waals surface area contributed by atoms with Crippen molar-refractivity contribution in [3.63, 3.8) is 0 Å². The summed E-state index contributed by atoms with van der Waals surface area (Å²) < 4.78 is 5.06. The van der Waals surface area contributed by atoms with E-state index in [0.29, 0.717) is 14.5 Å². The second-order valence-corrected chi connectivity index (χ2v) is 6.45. The van der Waals surface area contributed by atoms with Crippen LogP contribution in [0.15, 0.2) is 0 Å². The Labute approximate surface area is 108 Å². The Morgan fingerprint density at radius 1 is 1.35 bits per heavy atom. The number of nitrogens with one attached hydrogen (secondary N) is 2. The summed E-state index contributed by atoms with van der Waals surface area (Å²) >= 11 is 1.65. The van der Waals surface area contributed by atoms with Crippen LogP contribution in [0.1, 0.15) is 27.7 Å². The van der Waals surface area contributed by atoms with Crippen molar-refractivity contribution in [1.82, 2.24) is 10.4 Å². The molecule has 0 heterocycles. The van der Waals surface area contributed by atoms with E-state index in [0.717, 1.165) is 5.75 Å². The molecule has 0 aromatic carbocycles. The first-order valence-corrected chi connectivity index (χ1v) is 8.21. The zero-order valence-electron chi connectivity index (χ0n) is 10.7. The third kappa shape index (κ3) is 10.5. The lowest BCUT2D eigenvalue weighted by molar-refractivity contribution is -0.148. The van der Waals surface area contributed by atoms with E-state index in [1.54, 1.807) is 18.3 Å². The van der Waals surface area contributed by atoms with E-state index in [-0.39, 0.29) is 24.0 Å².